The number of rotatable bonds is 14. The summed E-state index contributed by atoms with van der Waals surface area (Å²) in [7, 11) is -2.21. The van der Waals surface area contributed by atoms with Gasteiger partial charge in [0.05, 0.1) is 17.3 Å². The number of hydrogen-bond donors (Lipinski definition) is 5. The number of nitrogens with one attached hydrogen (secondary N) is 4. The molecule has 0 spiro atoms. The van der Waals surface area contributed by atoms with Crippen LogP contribution >= 0.6 is 0 Å². The molecule has 0 saturated carbocycles. The Hall–Kier alpha value is -5.27. The van der Waals surface area contributed by atoms with Crippen LogP contribution in [-0.4, -0.2) is 67.1 Å². The minimum Gasteiger partial charge on any atom is -0.506 e. The maximum atomic E-state index is 13.0. The zero-order chi connectivity index (χ0) is 41.5. The van der Waals surface area contributed by atoms with Crippen molar-refractivity contribution in [3.63, 3.8) is 0 Å². The summed E-state index contributed by atoms with van der Waals surface area (Å²) in [5.41, 5.74) is 4.87. The average Bonchev–Trinajstić information content (AvgIpc) is 3.18. The quantitative estimate of drug-likeness (QED) is 0.0700. The summed E-state index contributed by atoms with van der Waals surface area (Å²) in [5.74, 6) is -0.0347. The lowest BCUT2D eigenvalue weighted by atomic mass is 9.93. The number of benzene rings is 4. The molecule has 0 aliphatic carbocycles. The van der Waals surface area contributed by atoms with Crippen molar-refractivity contribution in [3.05, 3.63) is 125 Å². The number of likely N-dealkylation sites (tertiary alicyclic amines) is 1. The molecule has 1 aliphatic rings. The first-order valence-corrected chi connectivity index (χ1v) is 23.0. The molecular formula is C46H57N5O6Si. The van der Waals surface area contributed by atoms with Crippen LogP contribution in [0.15, 0.2) is 108 Å². The number of carbonyl (C=O) groups excluding carboxylic acids is 2. The summed E-state index contributed by atoms with van der Waals surface area (Å²) in [6.45, 7) is 16.2. The summed E-state index contributed by atoms with van der Waals surface area (Å²) in [4.78, 5) is 43.0. The Morgan fingerprint density at radius 1 is 0.897 bits per heavy atom. The number of H-pyrrole nitrogens is 1. The first kappa shape index (κ1) is 42.3. The van der Waals surface area contributed by atoms with Gasteiger partial charge in [-0.25, -0.2) is 4.79 Å². The van der Waals surface area contributed by atoms with Gasteiger partial charge in [-0.15, -0.1) is 0 Å². The fourth-order valence-electron chi connectivity index (χ4n) is 7.00. The first-order chi connectivity index (χ1) is 27.6. The Bertz CT molecular complexity index is 2250. The van der Waals surface area contributed by atoms with E-state index in [2.05, 4.69) is 59.7 Å². The molecule has 1 atom stereocenters. The number of nitrogens with zero attached hydrogens (tertiary/aromatic N) is 1. The van der Waals surface area contributed by atoms with Gasteiger partial charge < -0.3 is 34.8 Å². The fraction of sp³-hybridized carbons (Fsp3) is 0.370. The molecule has 5 aromatic rings. The molecule has 1 fully saturated rings. The second kappa shape index (κ2) is 18.1. The van der Waals surface area contributed by atoms with Gasteiger partial charge in [-0.3, -0.25) is 14.9 Å². The van der Waals surface area contributed by atoms with Crippen molar-refractivity contribution < 1.29 is 23.9 Å². The third kappa shape index (κ3) is 10.8. The first-order valence-electron chi connectivity index (χ1n) is 20.1. The topological polar surface area (TPSA) is 145 Å². The van der Waals surface area contributed by atoms with E-state index in [0.29, 0.717) is 50.1 Å². The number of para-hydroxylation sites is 1. The number of piperidine rings is 1. The Kier molecular flexibility index (Phi) is 13.2. The number of phenols is 1. The zero-order valence-corrected chi connectivity index (χ0v) is 35.5. The lowest BCUT2D eigenvalue weighted by Gasteiger charge is -2.39. The molecule has 6 rings (SSSR count). The van der Waals surface area contributed by atoms with Gasteiger partial charge in [0.1, 0.15) is 11.4 Å². The molecule has 1 aromatic heterocycles. The van der Waals surface area contributed by atoms with Crippen LogP contribution in [0, 0.1) is 0 Å². The monoisotopic (exact) mass is 803 g/mol. The van der Waals surface area contributed by atoms with Crippen LogP contribution in [0.5, 0.6) is 5.75 Å². The van der Waals surface area contributed by atoms with Gasteiger partial charge in [0, 0.05) is 61.8 Å². The molecule has 0 bridgehead atoms. The molecule has 2 amide bonds. The van der Waals surface area contributed by atoms with E-state index in [9.17, 15) is 19.5 Å². The van der Waals surface area contributed by atoms with Crippen molar-refractivity contribution in [2.45, 2.75) is 83.3 Å². The molecule has 11 nitrogen and oxygen atoms in total. The highest BCUT2D eigenvalue weighted by Gasteiger charge is 2.40. The van der Waals surface area contributed by atoms with Crippen LogP contribution in [0.25, 0.3) is 22.0 Å². The van der Waals surface area contributed by atoms with Gasteiger partial charge in [-0.1, -0.05) is 87.5 Å². The molecule has 0 radical (unpaired) electrons. The van der Waals surface area contributed by atoms with E-state index in [0.717, 1.165) is 46.4 Å². The number of pyridine rings is 1. The van der Waals surface area contributed by atoms with Gasteiger partial charge >= 0.3 is 6.09 Å². The number of carbonyl (C=O) groups is 2. The van der Waals surface area contributed by atoms with Crippen molar-refractivity contribution in [2.75, 3.05) is 36.8 Å². The number of hydrogen-bond acceptors (Lipinski definition) is 8. The second-order valence-corrected chi connectivity index (χ2v) is 21.8. The molecule has 12 heteroatoms. The summed E-state index contributed by atoms with van der Waals surface area (Å²) in [6.07, 6.45) is 0.915. The fourth-order valence-corrected chi connectivity index (χ4v) is 8.27. The van der Waals surface area contributed by atoms with Crippen molar-refractivity contribution in [1.82, 2.24) is 15.2 Å². The normalized spacial score (nSPS) is 15.1. The third-order valence-corrected chi connectivity index (χ3v) is 16.0. The number of ether oxygens (including phenoxy) is 1. The molecule has 5 N–H and O–H groups in total. The van der Waals surface area contributed by atoms with Gasteiger partial charge in [0.2, 0.25) is 11.5 Å². The van der Waals surface area contributed by atoms with Gasteiger partial charge in [0.25, 0.3) is 0 Å². The average molecular weight is 804 g/mol. The van der Waals surface area contributed by atoms with Gasteiger partial charge in [0.15, 0.2) is 8.32 Å². The molecule has 1 aliphatic heterocycles. The van der Waals surface area contributed by atoms with Crippen LogP contribution in [0.1, 0.15) is 64.2 Å². The van der Waals surface area contributed by atoms with Crippen LogP contribution in [0.4, 0.5) is 16.2 Å². The van der Waals surface area contributed by atoms with E-state index < -0.39 is 20.0 Å². The molecular weight excluding hydrogens is 747 g/mol. The number of amides is 2. The van der Waals surface area contributed by atoms with Crippen molar-refractivity contribution in [3.8, 4) is 16.9 Å². The summed E-state index contributed by atoms with van der Waals surface area (Å²) in [6, 6.07) is 32.1. The van der Waals surface area contributed by atoms with Crippen LogP contribution in [-0.2, 0) is 20.5 Å². The number of aromatic hydroxyl groups is 1. The van der Waals surface area contributed by atoms with Crippen molar-refractivity contribution in [2.24, 2.45) is 0 Å². The lowest BCUT2D eigenvalue weighted by Crippen LogP contribution is -2.46. The number of fused-ring (bicyclic) bond motifs is 1. The van der Waals surface area contributed by atoms with Crippen LogP contribution < -0.4 is 21.5 Å². The molecule has 1 unspecified atom stereocenters. The smallest absolute Gasteiger partial charge is 0.412 e. The Morgan fingerprint density at radius 3 is 2.29 bits per heavy atom. The van der Waals surface area contributed by atoms with Crippen LogP contribution in [0.3, 0.4) is 0 Å². The molecule has 306 valence electrons. The van der Waals surface area contributed by atoms with E-state index in [1.54, 1.807) is 12.1 Å². The number of aromatic amines is 1. The maximum Gasteiger partial charge on any atom is 0.412 e. The van der Waals surface area contributed by atoms with Crippen molar-refractivity contribution >= 4 is 42.6 Å². The molecule has 4 aromatic carbocycles. The summed E-state index contributed by atoms with van der Waals surface area (Å²) in [5, 5.41) is 20.8. The van der Waals surface area contributed by atoms with E-state index in [1.807, 2.05) is 91.9 Å². The SMILES string of the molecule is CC1(OC(=O)Nc2ccccc2-c2ccccc2)CCN(CCC(=O)Nc2ccc(CNCC(O[Si](C)(C)C(C)(C)C)c3ccc(O)c4[nH]c(=O)ccc34)cc2)CC1. The Morgan fingerprint density at radius 2 is 1.59 bits per heavy atom. The van der Waals surface area contributed by atoms with E-state index in [4.69, 9.17) is 9.16 Å². The van der Waals surface area contributed by atoms with E-state index in [-0.39, 0.29) is 28.4 Å². The highest BCUT2D eigenvalue weighted by molar-refractivity contribution is 6.74. The minimum atomic E-state index is -2.21. The number of aromatic nitrogens is 1. The highest BCUT2D eigenvalue weighted by atomic mass is 28.4. The largest absolute Gasteiger partial charge is 0.506 e. The summed E-state index contributed by atoms with van der Waals surface area (Å²) >= 11 is 0. The maximum absolute atomic E-state index is 13.0. The predicted octanol–water partition coefficient (Wildman–Crippen LogP) is 9.19. The zero-order valence-electron chi connectivity index (χ0n) is 34.5. The van der Waals surface area contributed by atoms with Gasteiger partial charge in [-0.05, 0) is 84.9 Å². The lowest BCUT2D eigenvalue weighted by molar-refractivity contribution is -0.116. The Balaban J connectivity index is 0.959. The molecule has 58 heavy (non-hydrogen) atoms. The molecule has 2 heterocycles. The highest BCUT2D eigenvalue weighted by Crippen LogP contribution is 2.41. The van der Waals surface area contributed by atoms with Crippen LogP contribution in [0.2, 0.25) is 18.1 Å². The van der Waals surface area contributed by atoms with E-state index in [1.165, 1.54) is 6.07 Å². The van der Waals surface area contributed by atoms with Crippen molar-refractivity contribution in [1.29, 1.82) is 0 Å². The van der Waals surface area contributed by atoms with E-state index >= 15 is 0 Å². The van der Waals surface area contributed by atoms with Gasteiger partial charge in [-0.2, -0.15) is 0 Å². The third-order valence-electron chi connectivity index (χ3n) is 11.5. The molecule has 1 saturated heterocycles. The predicted molar refractivity (Wildman–Crippen MR) is 235 cm³/mol. The number of anilines is 2. The Labute approximate surface area is 342 Å². The number of phenolic OH excluding ortho intramolecular Hbond substituents is 1. The summed E-state index contributed by atoms with van der Waals surface area (Å²) < 4.78 is 12.9. The standard InChI is InChI=1S/C46H57N5O6Si/c1-45(2,3)58(5,6)57-40(36-20-22-39(52)43-37(36)21-23-41(53)50-43)31-47-30-32-16-18-34(19-17-32)48-42(54)24-27-51-28-25-46(4,26-29-51)56-44(55)49-38-15-11-10-14-35(38)33-12-8-7-9-13-33/h7-23,40,47,52H,24-31H2,1-6H3,(H,48,54)(H,49,55)(H,50,53). The second-order valence-electron chi connectivity index (χ2n) is 17.0. The minimum absolute atomic E-state index is 0.0202.